The number of hydrogen-bond donors (Lipinski definition) is 0. The summed E-state index contributed by atoms with van der Waals surface area (Å²) in [7, 11) is 0. The van der Waals surface area contributed by atoms with E-state index >= 15 is 0 Å². The van der Waals surface area contributed by atoms with E-state index in [2.05, 4.69) is 15.9 Å². The molecule has 1 aromatic rings. The van der Waals surface area contributed by atoms with Gasteiger partial charge in [0.15, 0.2) is 0 Å². The molecule has 0 unspecified atom stereocenters. The monoisotopic (exact) mass is 361 g/mol. The van der Waals surface area contributed by atoms with E-state index < -0.39 is 23.5 Å². The summed E-state index contributed by atoms with van der Waals surface area (Å²) in [6.07, 6.45) is -0.537. The fourth-order valence-corrected chi connectivity index (χ4v) is 2.36. The fourth-order valence-electron chi connectivity index (χ4n) is 2.09. The van der Waals surface area contributed by atoms with E-state index in [-0.39, 0.29) is 18.7 Å². The average Bonchev–Trinajstić information content (AvgIpc) is 2.24. The highest BCUT2D eigenvalue weighted by Crippen LogP contribution is 2.41. The molecule has 1 heterocycles. The van der Waals surface area contributed by atoms with Crippen molar-refractivity contribution in [1.29, 1.82) is 0 Å². The van der Waals surface area contributed by atoms with Crippen molar-refractivity contribution in [3.05, 3.63) is 34.3 Å². The van der Waals surface area contributed by atoms with Gasteiger partial charge in [-0.2, -0.15) is 0 Å². The predicted octanol–water partition coefficient (Wildman–Crippen LogP) is 4.41. The topological polar surface area (TPSA) is 29.5 Å². The first-order valence-corrected chi connectivity index (χ1v) is 7.50. The Morgan fingerprint density at radius 3 is 2.24 bits per heavy atom. The van der Waals surface area contributed by atoms with Crippen LogP contribution < -0.4 is 0 Å². The zero-order chi connectivity index (χ0) is 15.8. The Labute approximate surface area is 131 Å². The van der Waals surface area contributed by atoms with Gasteiger partial charge in [-0.3, -0.25) is 0 Å². The van der Waals surface area contributed by atoms with Crippen molar-refractivity contribution >= 4 is 22.0 Å². The summed E-state index contributed by atoms with van der Waals surface area (Å²) < 4.78 is 34.5. The lowest BCUT2D eigenvalue weighted by Gasteiger charge is -2.43. The normalized spacial score (nSPS) is 16.6. The molecule has 1 fully saturated rings. The number of hydrogen-bond acceptors (Lipinski definition) is 2. The van der Waals surface area contributed by atoms with Gasteiger partial charge >= 0.3 is 6.09 Å². The molecule has 0 bridgehead atoms. The number of likely N-dealkylation sites (tertiary alicyclic amines) is 1. The lowest BCUT2D eigenvalue weighted by Crippen LogP contribution is -2.56. The van der Waals surface area contributed by atoms with Crippen molar-refractivity contribution in [3.8, 4) is 0 Å². The molecule has 6 heteroatoms. The SMILES string of the molecule is CC(C)(C)OC(=O)N1CC(C(F)(F)c2ccc(Br)cc2)C1. The zero-order valence-electron chi connectivity index (χ0n) is 12.2. The van der Waals surface area contributed by atoms with Crippen molar-refractivity contribution in [2.45, 2.75) is 32.3 Å². The molecule has 0 aromatic heterocycles. The van der Waals surface area contributed by atoms with Gasteiger partial charge in [-0.1, -0.05) is 28.1 Å². The van der Waals surface area contributed by atoms with Gasteiger partial charge in [0.1, 0.15) is 5.60 Å². The summed E-state index contributed by atoms with van der Waals surface area (Å²) in [5.41, 5.74) is -0.643. The lowest BCUT2D eigenvalue weighted by molar-refractivity contribution is -0.121. The maximum atomic E-state index is 14.3. The Hall–Kier alpha value is -1.17. The number of rotatable bonds is 2. The maximum Gasteiger partial charge on any atom is 0.410 e. The van der Waals surface area contributed by atoms with Gasteiger partial charge < -0.3 is 9.64 Å². The quantitative estimate of drug-likeness (QED) is 0.780. The van der Waals surface area contributed by atoms with Crippen molar-refractivity contribution in [2.24, 2.45) is 5.92 Å². The van der Waals surface area contributed by atoms with Crippen LogP contribution >= 0.6 is 15.9 Å². The molecule has 0 aliphatic carbocycles. The number of carbonyl (C=O) groups is 1. The molecule has 0 spiro atoms. The number of nitrogens with zero attached hydrogens (tertiary/aromatic N) is 1. The van der Waals surface area contributed by atoms with Crippen LogP contribution in [-0.4, -0.2) is 29.7 Å². The zero-order valence-corrected chi connectivity index (χ0v) is 13.8. The molecule has 1 amide bonds. The fraction of sp³-hybridized carbons (Fsp3) is 0.533. The van der Waals surface area contributed by atoms with Crippen molar-refractivity contribution < 1.29 is 18.3 Å². The molecule has 0 atom stereocenters. The van der Waals surface area contributed by atoms with E-state index in [4.69, 9.17) is 4.74 Å². The Morgan fingerprint density at radius 1 is 1.24 bits per heavy atom. The largest absolute Gasteiger partial charge is 0.444 e. The van der Waals surface area contributed by atoms with E-state index in [0.29, 0.717) is 0 Å². The van der Waals surface area contributed by atoms with Crippen LogP contribution in [0.2, 0.25) is 0 Å². The second kappa shape index (κ2) is 5.55. The molecule has 116 valence electrons. The van der Waals surface area contributed by atoms with Crippen molar-refractivity contribution in [3.63, 3.8) is 0 Å². The molecule has 0 radical (unpaired) electrons. The molecular formula is C15H18BrF2NO2. The van der Waals surface area contributed by atoms with Crippen LogP contribution in [0.4, 0.5) is 13.6 Å². The van der Waals surface area contributed by atoms with Gasteiger partial charge in [-0.15, -0.1) is 0 Å². The van der Waals surface area contributed by atoms with Crippen molar-refractivity contribution in [1.82, 2.24) is 4.90 Å². The van der Waals surface area contributed by atoms with Gasteiger partial charge in [0.2, 0.25) is 0 Å². The summed E-state index contributed by atoms with van der Waals surface area (Å²) in [5.74, 6) is -3.81. The highest BCUT2D eigenvalue weighted by molar-refractivity contribution is 9.10. The predicted molar refractivity (Wildman–Crippen MR) is 79.3 cm³/mol. The van der Waals surface area contributed by atoms with E-state index in [9.17, 15) is 13.6 Å². The summed E-state index contributed by atoms with van der Waals surface area (Å²) in [5, 5.41) is 0. The Kier molecular flexibility index (Phi) is 4.29. The van der Waals surface area contributed by atoms with Crippen LogP contribution in [0.3, 0.4) is 0 Å². The number of alkyl halides is 2. The second-order valence-electron chi connectivity index (χ2n) is 6.21. The minimum atomic E-state index is -2.95. The molecule has 1 aliphatic rings. The molecule has 0 saturated carbocycles. The van der Waals surface area contributed by atoms with Crippen LogP contribution in [0, 0.1) is 5.92 Å². The van der Waals surface area contributed by atoms with Crippen LogP contribution in [0.15, 0.2) is 28.7 Å². The molecule has 2 rings (SSSR count). The third kappa shape index (κ3) is 3.73. The van der Waals surface area contributed by atoms with Gasteiger partial charge in [0.05, 0.1) is 5.92 Å². The first kappa shape index (κ1) is 16.2. The minimum absolute atomic E-state index is 0.0119. The molecule has 1 saturated heterocycles. The number of carbonyl (C=O) groups excluding carboxylic acids is 1. The summed E-state index contributed by atoms with van der Waals surface area (Å²) in [4.78, 5) is 13.1. The highest BCUT2D eigenvalue weighted by Gasteiger charge is 2.49. The Balaban J connectivity index is 1.97. The van der Waals surface area contributed by atoms with Gasteiger partial charge in [0, 0.05) is 23.1 Å². The molecule has 21 heavy (non-hydrogen) atoms. The van der Waals surface area contributed by atoms with Crippen molar-refractivity contribution in [2.75, 3.05) is 13.1 Å². The van der Waals surface area contributed by atoms with Crippen LogP contribution in [-0.2, 0) is 10.7 Å². The number of amides is 1. The van der Waals surface area contributed by atoms with Gasteiger partial charge in [-0.05, 0) is 32.9 Å². The standard InChI is InChI=1S/C15H18BrF2NO2/c1-14(2,3)21-13(20)19-8-11(9-19)15(17,18)10-4-6-12(16)7-5-10/h4-7,11H,8-9H2,1-3H3. The number of benzene rings is 1. The third-order valence-electron chi connectivity index (χ3n) is 3.28. The number of ether oxygens (including phenoxy) is 1. The highest BCUT2D eigenvalue weighted by atomic mass is 79.9. The second-order valence-corrected chi connectivity index (χ2v) is 7.13. The van der Waals surface area contributed by atoms with Crippen LogP contribution in [0.5, 0.6) is 0 Å². The smallest absolute Gasteiger partial charge is 0.410 e. The van der Waals surface area contributed by atoms with E-state index in [1.54, 1.807) is 32.9 Å². The summed E-state index contributed by atoms with van der Waals surface area (Å²) in [6, 6.07) is 5.99. The van der Waals surface area contributed by atoms with E-state index in [0.717, 1.165) is 4.47 Å². The third-order valence-corrected chi connectivity index (χ3v) is 3.80. The van der Waals surface area contributed by atoms with Gasteiger partial charge in [0.25, 0.3) is 5.92 Å². The Morgan fingerprint density at radius 2 is 1.76 bits per heavy atom. The van der Waals surface area contributed by atoms with E-state index in [1.807, 2.05) is 0 Å². The maximum absolute atomic E-state index is 14.3. The number of halogens is 3. The summed E-state index contributed by atoms with van der Waals surface area (Å²) >= 11 is 3.22. The molecule has 0 N–H and O–H groups in total. The van der Waals surface area contributed by atoms with E-state index in [1.165, 1.54) is 17.0 Å². The molecular weight excluding hydrogens is 344 g/mol. The summed E-state index contributed by atoms with van der Waals surface area (Å²) in [6.45, 7) is 5.27. The molecule has 1 aromatic carbocycles. The van der Waals surface area contributed by atoms with Crippen LogP contribution in [0.25, 0.3) is 0 Å². The minimum Gasteiger partial charge on any atom is -0.444 e. The average molecular weight is 362 g/mol. The Bertz CT molecular complexity index is 519. The lowest BCUT2D eigenvalue weighted by atomic mass is 9.88. The first-order valence-electron chi connectivity index (χ1n) is 6.71. The first-order chi connectivity index (χ1) is 9.59. The molecule has 1 aliphatic heterocycles. The van der Waals surface area contributed by atoms with Crippen LogP contribution in [0.1, 0.15) is 26.3 Å². The van der Waals surface area contributed by atoms with Gasteiger partial charge in [-0.25, -0.2) is 13.6 Å². The molecule has 3 nitrogen and oxygen atoms in total.